The SMILES string of the molecule is COC(=O)[C@H](C[C@@H]1CCCNC1O)NC(=O)[C@@H](N)CC1CC1. The van der Waals surface area contributed by atoms with Crippen LogP contribution in [-0.4, -0.2) is 48.9 Å². The van der Waals surface area contributed by atoms with E-state index in [0.29, 0.717) is 18.8 Å². The number of piperidine rings is 1. The first kappa shape index (κ1) is 17.2. The summed E-state index contributed by atoms with van der Waals surface area (Å²) in [6, 6.07) is -1.35. The predicted molar refractivity (Wildman–Crippen MR) is 80.6 cm³/mol. The largest absolute Gasteiger partial charge is 0.467 e. The van der Waals surface area contributed by atoms with Crippen LogP contribution >= 0.6 is 0 Å². The highest BCUT2D eigenvalue weighted by Crippen LogP contribution is 2.33. The van der Waals surface area contributed by atoms with Gasteiger partial charge in [0.05, 0.1) is 13.2 Å². The summed E-state index contributed by atoms with van der Waals surface area (Å²) in [5, 5.41) is 15.6. The number of methoxy groups -OCH3 is 1. The van der Waals surface area contributed by atoms with Crippen molar-refractivity contribution < 1.29 is 19.4 Å². The van der Waals surface area contributed by atoms with Crippen LogP contribution in [0.25, 0.3) is 0 Å². The summed E-state index contributed by atoms with van der Waals surface area (Å²) in [5.74, 6) is -0.357. The third-order valence-electron chi connectivity index (χ3n) is 4.51. The zero-order valence-corrected chi connectivity index (χ0v) is 13.1. The third-order valence-corrected chi connectivity index (χ3v) is 4.51. The van der Waals surface area contributed by atoms with E-state index < -0.39 is 24.3 Å². The Hall–Kier alpha value is -1.18. The van der Waals surface area contributed by atoms with Gasteiger partial charge in [-0.15, -0.1) is 0 Å². The highest BCUT2D eigenvalue weighted by molar-refractivity contribution is 5.87. The highest BCUT2D eigenvalue weighted by atomic mass is 16.5. The minimum absolute atomic E-state index is 0.0854. The molecule has 2 aliphatic rings. The van der Waals surface area contributed by atoms with Crippen LogP contribution in [0.2, 0.25) is 0 Å². The standard InChI is InChI=1S/C15H27N3O4/c1-22-15(21)12(8-10-3-2-6-17-13(10)19)18-14(20)11(16)7-9-4-5-9/h9-13,17,19H,2-8,16H2,1H3,(H,18,20)/t10-,11-,12-,13?/m0/s1. The monoisotopic (exact) mass is 313 g/mol. The van der Waals surface area contributed by atoms with Crippen LogP contribution in [0.5, 0.6) is 0 Å². The topological polar surface area (TPSA) is 114 Å². The first-order valence-corrected chi connectivity index (χ1v) is 8.06. The van der Waals surface area contributed by atoms with Gasteiger partial charge in [-0.2, -0.15) is 0 Å². The number of esters is 1. The first-order chi connectivity index (χ1) is 10.5. The second-order valence-corrected chi connectivity index (χ2v) is 6.41. The van der Waals surface area contributed by atoms with Crippen molar-refractivity contribution in [2.24, 2.45) is 17.6 Å². The smallest absolute Gasteiger partial charge is 0.328 e. The number of amides is 1. The van der Waals surface area contributed by atoms with Gasteiger partial charge in [0.1, 0.15) is 12.3 Å². The lowest BCUT2D eigenvalue weighted by molar-refractivity contribution is -0.146. The molecule has 1 saturated carbocycles. The highest BCUT2D eigenvalue weighted by Gasteiger charge is 2.33. The fourth-order valence-electron chi connectivity index (χ4n) is 2.94. The van der Waals surface area contributed by atoms with E-state index in [9.17, 15) is 14.7 Å². The molecule has 0 bridgehead atoms. The van der Waals surface area contributed by atoms with Crippen LogP contribution in [0.4, 0.5) is 0 Å². The van der Waals surface area contributed by atoms with Gasteiger partial charge in [0.2, 0.25) is 5.91 Å². The van der Waals surface area contributed by atoms with E-state index in [1.54, 1.807) is 0 Å². The molecular formula is C15H27N3O4. The number of rotatable bonds is 7. The molecule has 0 aromatic carbocycles. The Morgan fingerprint density at radius 2 is 2.09 bits per heavy atom. The van der Waals surface area contributed by atoms with E-state index in [2.05, 4.69) is 10.6 Å². The Morgan fingerprint density at radius 3 is 2.68 bits per heavy atom. The Bertz CT molecular complexity index is 400. The number of carbonyl (C=O) groups is 2. The summed E-state index contributed by atoms with van der Waals surface area (Å²) in [6.07, 6.45) is 4.35. The molecule has 1 heterocycles. The van der Waals surface area contributed by atoms with E-state index in [4.69, 9.17) is 10.5 Å². The van der Waals surface area contributed by atoms with Crippen LogP contribution in [0.1, 0.15) is 38.5 Å². The number of ether oxygens (including phenoxy) is 1. The molecule has 1 saturated heterocycles. The van der Waals surface area contributed by atoms with E-state index >= 15 is 0 Å². The average Bonchev–Trinajstić information content (AvgIpc) is 3.31. The lowest BCUT2D eigenvalue weighted by atomic mass is 9.90. The molecule has 5 N–H and O–H groups in total. The molecule has 126 valence electrons. The molecule has 2 fully saturated rings. The van der Waals surface area contributed by atoms with Crippen molar-refractivity contribution in [1.82, 2.24) is 10.6 Å². The van der Waals surface area contributed by atoms with E-state index in [1.807, 2.05) is 0 Å². The zero-order chi connectivity index (χ0) is 16.1. The summed E-state index contributed by atoms with van der Waals surface area (Å²) < 4.78 is 4.77. The molecule has 7 heteroatoms. The van der Waals surface area contributed by atoms with Gasteiger partial charge < -0.3 is 20.9 Å². The van der Waals surface area contributed by atoms with Crippen molar-refractivity contribution in [2.45, 2.75) is 56.8 Å². The number of hydrogen-bond acceptors (Lipinski definition) is 6. The number of nitrogens with one attached hydrogen (secondary N) is 2. The van der Waals surface area contributed by atoms with Gasteiger partial charge in [-0.25, -0.2) is 4.79 Å². The summed E-state index contributed by atoms with van der Waals surface area (Å²) in [5.41, 5.74) is 5.88. The number of hydrogen-bond donors (Lipinski definition) is 4. The Labute approximate surface area is 131 Å². The lowest BCUT2D eigenvalue weighted by Crippen LogP contribution is -2.51. The molecule has 0 spiro atoms. The maximum atomic E-state index is 12.1. The minimum Gasteiger partial charge on any atom is -0.467 e. The number of aliphatic hydroxyl groups is 1. The Morgan fingerprint density at radius 1 is 1.36 bits per heavy atom. The van der Waals surface area contributed by atoms with Gasteiger partial charge in [0.25, 0.3) is 0 Å². The van der Waals surface area contributed by atoms with Gasteiger partial charge >= 0.3 is 5.97 Å². The van der Waals surface area contributed by atoms with Crippen molar-refractivity contribution in [3.8, 4) is 0 Å². The van der Waals surface area contributed by atoms with Crippen LogP contribution in [0.15, 0.2) is 0 Å². The molecule has 22 heavy (non-hydrogen) atoms. The quantitative estimate of drug-likeness (QED) is 0.470. The summed E-state index contributed by atoms with van der Waals surface area (Å²) in [6.45, 7) is 0.763. The van der Waals surface area contributed by atoms with Crippen molar-refractivity contribution in [1.29, 1.82) is 0 Å². The molecule has 4 atom stereocenters. The summed E-state index contributed by atoms with van der Waals surface area (Å²) >= 11 is 0. The third kappa shape index (κ3) is 4.93. The Kier molecular flexibility index (Phi) is 6.16. The maximum absolute atomic E-state index is 12.1. The van der Waals surface area contributed by atoms with Crippen molar-refractivity contribution in [2.75, 3.05) is 13.7 Å². The van der Waals surface area contributed by atoms with Crippen molar-refractivity contribution in [3.63, 3.8) is 0 Å². The van der Waals surface area contributed by atoms with Gasteiger partial charge in [-0.3, -0.25) is 10.1 Å². The maximum Gasteiger partial charge on any atom is 0.328 e. The van der Waals surface area contributed by atoms with Crippen LogP contribution in [-0.2, 0) is 14.3 Å². The minimum atomic E-state index is -0.762. The van der Waals surface area contributed by atoms with Gasteiger partial charge in [0, 0.05) is 5.92 Å². The average molecular weight is 313 g/mol. The fraction of sp³-hybridized carbons (Fsp3) is 0.867. The molecule has 1 amide bonds. The molecule has 1 unspecified atom stereocenters. The molecule has 0 aromatic rings. The number of nitrogens with two attached hydrogens (primary N) is 1. The van der Waals surface area contributed by atoms with Crippen LogP contribution < -0.4 is 16.4 Å². The van der Waals surface area contributed by atoms with Gasteiger partial charge in [-0.05, 0) is 38.1 Å². The van der Waals surface area contributed by atoms with E-state index in [1.165, 1.54) is 7.11 Å². The second kappa shape index (κ2) is 7.89. The molecule has 1 aliphatic carbocycles. The normalized spacial score (nSPS) is 27.8. The summed E-state index contributed by atoms with van der Waals surface area (Å²) in [7, 11) is 1.29. The molecule has 0 radical (unpaired) electrons. The predicted octanol–water partition coefficient (Wildman–Crippen LogP) is -0.520. The van der Waals surface area contributed by atoms with E-state index in [0.717, 1.165) is 32.2 Å². The Balaban J connectivity index is 1.89. The molecule has 0 aromatic heterocycles. The van der Waals surface area contributed by atoms with Gasteiger partial charge in [0.15, 0.2) is 0 Å². The summed E-state index contributed by atoms with van der Waals surface area (Å²) in [4.78, 5) is 24.0. The number of carbonyl (C=O) groups excluding carboxylic acids is 2. The molecule has 7 nitrogen and oxygen atoms in total. The molecule has 1 aliphatic heterocycles. The zero-order valence-electron chi connectivity index (χ0n) is 13.1. The lowest BCUT2D eigenvalue weighted by Gasteiger charge is -2.31. The van der Waals surface area contributed by atoms with Crippen LogP contribution in [0.3, 0.4) is 0 Å². The van der Waals surface area contributed by atoms with Gasteiger partial charge in [-0.1, -0.05) is 12.8 Å². The molecular weight excluding hydrogens is 286 g/mol. The van der Waals surface area contributed by atoms with Crippen molar-refractivity contribution >= 4 is 11.9 Å². The van der Waals surface area contributed by atoms with Crippen molar-refractivity contribution in [3.05, 3.63) is 0 Å². The first-order valence-electron chi connectivity index (χ1n) is 8.06. The second-order valence-electron chi connectivity index (χ2n) is 6.41. The molecule has 2 rings (SSSR count). The fourth-order valence-corrected chi connectivity index (χ4v) is 2.94. The van der Waals surface area contributed by atoms with Crippen LogP contribution in [0, 0.1) is 11.8 Å². The number of aliphatic hydroxyl groups excluding tert-OH is 1. The van der Waals surface area contributed by atoms with E-state index in [-0.39, 0.29) is 11.8 Å².